The molecule has 7 heteroatoms. The molecule has 0 spiro atoms. The Morgan fingerprint density at radius 3 is 1.72 bits per heavy atom. The van der Waals surface area contributed by atoms with Crippen molar-refractivity contribution >= 4 is 33.0 Å². The summed E-state index contributed by atoms with van der Waals surface area (Å²) in [5.74, 6) is 0.0193. The van der Waals surface area contributed by atoms with Gasteiger partial charge in [0, 0.05) is 42.7 Å². The highest BCUT2D eigenvalue weighted by Gasteiger charge is 2.14. The fraction of sp³-hybridized carbons (Fsp3) is 0.200. The number of benzene rings is 3. The molecule has 0 radical (unpaired) electrons. The summed E-state index contributed by atoms with van der Waals surface area (Å²) < 4.78 is 25.7. The summed E-state index contributed by atoms with van der Waals surface area (Å²) in [6, 6.07) is 25.1. The first kappa shape index (κ1) is 23.2. The zero-order chi connectivity index (χ0) is 23.0. The van der Waals surface area contributed by atoms with Crippen LogP contribution in [0, 0.1) is 0 Å². The lowest BCUT2D eigenvalue weighted by Gasteiger charge is -2.25. The maximum absolute atomic E-state index is 12.6. The number of Topliss-reactive ketones (excluding diaryl/α,β-unsaturated/α-hetero) is 2. The molecule has 0 unspecified atom stereocenters. The zero-order valence-corrected chi connectivity index (χ0v) is 18.7. The van der Waals surface area contributed by atoms with Crippen LogP contribution in [0.25, 0.3) is 0 Å². The van der Waals surface area contributed by atoms with E-state index < -0.39 is 10.0 Å². The smallest absolute Gasteiger partial charge is 0.229 e. The fourth-order valence-corrected chi connectivity index (χ4v) is 3.92. The zero-order valence-electron chi connectivity index (χ0n) is 17.9. The van der Waals surface area contributed by atoms with Gasteiger partial charge in [-0.3, -0.25) is 14.3 Å². The molecule has 1 N–H and O–H groups in total. The lowest BCUT2D eigenvalue weighted by Crippen LogP contribution is -2.29. The number of ketones is 2. The average molecular weight is 451 g/mol. The molecule has 0 heterocycles. The monoisotopic (exact) mass is 450 g/mol. The summed E-state index contributed by atoms with van der Waals surface area (Å²) in [4.78, 5) is 27.2. The minimum atomic E-state index is -3.42. The molecule has 0 bridgehead atoms. The topological polar surface area (TPSA) is 83.6 Å². The van der Waals surface area contributed by atoms with Crippen LogP contribution in [0.2, 0.25) is 0 Å². The molecule has 166 valence electrons. The van der Waals surface area contributed by atoms with Gasteiger partial charge >= 0.3 is 0 Å². The van der Waals surface area contributed by atoms with Crippen LogP contribution in [0.1, 0.15) is 33.6 Å². The number of carbonyl (C=O) groups excluding carboxylic acids is 2. The molecule has 0 aliphatic carbocycles. The van der Waals surface area contributed by atoms with Crippen LogP contribution in [-0.2, 0) is 10.0 Å². The summed E-state index contributed by atoms with van der Waals surface area (Å²) in [5.41, 5.74) is 2.44. The van der Waals surface area contributed by atoms with Crippen molar-refractivity contribution in [2.24, 2.45) is 0 Å². The van der Waals surface area contributed by atoms with E-state index in [0.29, 0.717) is 29.9 Å². The number of nitrogens with zero attached hydrogens (tertiary/aromatic N) is 1. The normalized spacial score (nSPS) is 11.0. The third-order valence-electron chi connectivity index (χ3n) is 4.92. The number of anilines is 2. The average Bonchev–Trinajstić information content (AvgIpc) is 2.79. The van der Waals surface area contributed by atoms with Crippen molar-refractivity contribution in [3.8, 4) is 0 Å². The second-order valence-electron chi connectivity index (χ2n) is 7.49. The summed E-state index contributed by atoms with van der Waals surface area (Å²) in [5, 5.41) is 0. The number of sulfonamides is 1. The molecule has 6 nitrogen and oxygen atoms in total. The molecular weight excluding hydrogens is 424 g/mol. The van der Waals surface area contributed by atoms with Crippen molar-refractivity contribution in [2.75, 3.05) is 29.0 Å². The Kier molecular flexibility index (Phi) is 7.78. The first-order chi connectivity index (χ1) is 15.3. The summed E-state index contributed by atoms with van der Waals surface area (Å²) in [6.45, 7) is 0.802. The molecule has 0 atom stereocenters. The van der Waals surface area contributed by atoms with Crippen molar-refractivity contribution in [2.45, 2.75) is 12.8 Å². The minimum Gasteiger partial charge on any atom is -0.371 e. The van der Waals surface area contributed by atoms with Gasteiger partial charge < -0.3 is 4.90 Å². The van der Waals surface area contributed by atoms with Gasteiger partial charge in [-0.05, 0) is 18.2 Å². The van der Waals surface area contributed by atoms with E-state index in [4.69, 9.17) is 0 Å². The predicted molar refractivity (Wildman–Crippen MR) is 128 cm³/mol. The van der Waals surface area contributed by atoms with Crippen molar-refractivity contribution in [3.05, 3.63) is 96.1 Å². The van der Waals surface area contributed by atoms with E-state index in [-0.39, 0.29) is 24.4 Å². The van der Waals surface area contributed by atoms with E-state index in [0.717, 1.165) is 11.9 Å². The quantitative estimate of drug-likeness (QED) is 0.438. The first-order valence-corrected chi connectivity index (χ1v) is 12.2. The van der Waals surface area contributed by atoms with Crippen LogP contribution in [-0.4, -0.2) is 39.3 Å². The van der Waals surface area contributed by atoms with E-state index in [9.17, 15) is 18.0 Å². The lowest BCUT2D eigenvalue weighted by molar-refractivity contribution is 0.0983. The van der Waals surface area contributed by atoms with Crippen LogP contribution < -0.4 is 9.62 Å². The molecule has 3 aromatic rings. The van der Waals surface area contributed by atoms with E-state index in [1.165, 1.54) is 0 Å². The molecule has 3 rings (SSSR count). The number of nitrogens with one attached hydrogen (secondary N) is 1. The number of hydrogen-bond acceptors (Lipinski definition) is 5. The Balaban J connectivity index is 1.76. The van der Waals surface area contributed by atoms with Gasteiger partial charge in [0.05, 0.1) is 11.9 Å². The molecule has 0 aromatic heterocycles. The van der Waals surface area contributed by atoms with Crippen LogP contribution in [0.3, 0.4) is 0 Å². The van der Waals surface area contributed by atoms with Gasteiger partial charge in [0.15, 0.2) is 11.6 Å². The van der Waals surface area contributed by atoms with Crippen LogP contribution in [0.5, 0.6) is 0 Å². The van der Waals surface area contributed by atoms with Crippen LogP contribution in [0.4, 0.5) is 11.4 Å². The van der Waals surface area contributed by atoms with Gasteiger partial charge in [0.1, 0.15) is 0 Å². The van der Waals surface area contributed by atoms with E-state index in [1.807, 2.05) is 47.4 Å². The standard InChI is InChI=1S/C25H26N2O4S/c1-32(30,31)26-22-13-8-14-23(19-22)27(17-15-24(28)20-9-4-2-5-10-20)18-16-25(29)21-11-6-3-7-12-21/h2-14,19,26H,15-18H2,1H3. The molecule has 0 fully saturated rings. The van der Waals surface area contributed by atoms with Crippen molar-refractivity contribution in [1.82, 2.24) is 0 Å². The third kappa shape index (κ3) is 7.06. The fourth-order valence-electron chi connectivity index (χ4n) is 3.36. The largest absolute Gasteiger partial charge is 0.371 e. The second-order valence-corrected chi connectivity index (χ2v) is 9.24. The Bertz CT molecular complexity index is 1110. The summed E-state index contributed by atoms with van der Waals surface area (Å²) in [7, 11) is -3.42. The molecule has 32 heavy (non-hydrogen) atoms. The van der Waals surface area contributed by atoms with E-state index in [1.54, 1.807) is 42.5 Å². The summed E-state index contributed by atoms with van der Waals surface area (Å²) in [6.07, 6.45) is 1.63. The Morgan fingerprint density at radius 2 is 1.25 bits per heavy atom. The van der Waals surface area contributed by atoms with E-state index in [2.05, 4.69) is 4.72 Å². The molecular formula is C25H26N2O4S. The maximum atomic E-state index is 12.6. The van der Waals surface area contributed by atoms with Gasteiger partial charge in [0.2, 0.25) is 10.0 Å². The molecule has 0 aliphatic heterocycles. The van der Waals surface area contributed by atoms with Crippen molar-refractivity contribution in [3.63, 3.8) is 0 Å². The Morgan fingerprint density at radius 1 is 0.750 bits per heavy atom. The van der Waals surface area contributed by atoms with Gasteiger partial charge in [0.25, 0.3) is 0 Å². The molecule has 3 aromatic carbocycles. The second kappa shape index (κ2) is 10.7. The highest BCUT2D eigenvalue weighted by atomic mass is 32.2. The molecule has 0 amide bonds. The van der Waals surface area contributed by atoms with Gasteiger partial charge in [-0.2, -0.15) is 0 Å². The number of carbonyl (C=O) groups is 2. The van der Waals surface area contributed by atoms with Gasteiger partial charge in [-0.25, -0.2) is 8.42 Å². The number of hydrogen-bond donors (Lipinski definition) is 1. The van der Waals surface area contributed by atoms with E-state index >= 15 is 0 Å². The van der Waals surface area contributed by atoms with Crippen molar-refractivity contribution < 1.29 is 18.0 Å². The Labute approximate surface area is 188 Å². The van der Waals surface area contributed by atoms with Crippen LogP contribution in [0.15, 0.2) is 84.9 Å². The highest BCUT2D eigenvalue weighted by molar-refractivity contribution is 7.92. The SMILES string of the molecule is CS(=O)(=O)Nc1cccc(N(CCC(=O)c2ccccc2)CCC(=O)c2ccccc2)c1. The molecule has 0 saturated heterocycles. The van der Waals surface area contributed by atoms with Gasteiger partial charge in [-0.1, -0.05) is 66.7 Å². The van der Waals surface area contributed by atoms with Crippen LogP contribution >= 0.6 is 0 Å². The number of rotatable bonds is 11. The predicted octanol–water partition coefficient (Wildman–Crippen LogP) is 4.41. The highest BCUT2D eigenvalue weighted by Crippen LogP contribution is 2.22. The van der Waals surface area contributed by atoms with Crippen molar-refractivity contribution in [1.29, 1.82) is 0 Å². The lowest BCUT2D eigenvalue weighted by atomic mass is 10.1. The minimum absolute atomic E-state index is 0.00963. The summed E-state index contributed by atoms with van der Waals surface area (Å²) >= 11 is 0. The maximum Gasteiger partial charge on any atom is 0.229 e. The Hall–Kier alpha value is -3.45. The first-order valence-electron chi connectivity index (χ1n) is 10.3. The third-order valence-corrected chi connectivity index (χ3v) is 5.53. The molecule has 0 aliphatic rings. The molecule has 0 saturated carbocycles. The van der Waals surface area contributed by atoms with Gasteiger partial charge in [-0.15, -0.1) is 0 Å².